The number of fused-ring (bicyclic) bond motifs is 3. The Bertz CT molecular complexity index is 1520. The lowest BCUT2D eigenvalue weighted by Crippen LogP contribution is -2.49. The van der Waals surface area contributed by atoms with E-state index >= 15 is 0 Å². The van der Waals surface area contributed by atoms with Crippen LogP contribution in [0, 0.1) is 0 Å². The number of hydrogen-bond donors (Lipinski definition) is 0. The Morgan fingerprint density at radius 2 is 1.32 bits per heavy atom. The third-order valence-corrected chi connectivity index (χ3v) is 8.26. The molecule has 1 saturated heterocycles. The first-order chi connectivity index (χ1) is 20.1. The van der Waals surface area contributed by atoms with Crippen molar-refractivity contribution in [1.29, 1.82) is 0 Å². The largest absolute Gasteiger partial charge is 0.493 e. The summed E-state index contributed by atoms with van der Waals surface area (Å²) in [5.41, 5.74) is 5.14. The normalized spacial score (nSPS) is 17.5. The van der Waals surface area contributed by atoms with Gasteiger partial charge in [0.1, 0.15) is 13.2 Å². The van der Waals surface area contributed by atoms with Gasteiger partial charge in [0.2, 0.25) is 5.91 Å². The summed E-state index contributed by atoms with van der Waals surface area (Å²) in [6.45, 7) is 1.57. The number of carbonyl (C=O) groups excluding carboxylic acids is 1. The van der Waals surface area contributed by atoms with Gasteiger partial charge in [0.05, 0.1) is 19.8 Å². The van der Waals surface area contributed by atoms with Crippen LogP contribution in [-0.2, 0) is 36.4 Å². The molecule has 0 spiro atoms. The molecule has 6 heteroatoms. The average molecular weight is 550 g/mol. The zero-order valence-corrected chi connectivity index (χ0v) is 23.6. The molecule has 6 rings (SSSR count). The minimum Gasteiger partial charge on any atom is -0.493 e. The molecule has 0 aliphatic carbocycles. The second kappa shape index (κ2) is 11.6. The van der Waals surface area contributed by atoms with Crippen molar-refractivity contribution in [1.82, 2.24) is 4.90 Å². The van der Waals surface area contributed by atoms with E-state index < -0.39 is 5.54 Å². The molecule has 4 aromatic rings. The summed E-state index contributed by atoms with van der Waals surface area (Å²) < 4.78 is 23.9. The number of carbonyl (C=O) groups is 1. The van der Waals surface area contributed by atoms with E-state index in [4.69, 9.17) is 18.9 Å². The lowest BCUT2D eigenvalue weighted by atomic mass is 9.76. The van der Waals surface area contributed by atoms with E-state index in [9.17, 15) is 4.79 Å². The van der Waals surface area contributed by atoms with Crippen molar-refractivity contribution >= 4 is 5.91 Å². The van der Waals surface area contributed by atoms with Crippen LogP contribution in [0.15, 0.2) is 91.0 Å². The quantitative estimate of drug-likeness (QED) is 0.227. The maximum atomic E-state index is 13.2. The van der Waals surface area contributed by atoms with E-state index in [0.717, 1.165) is 35.1 Å². The molecule has 1 atom stereocenters. The number of ether oxygens (including phenoxy) is 4. The molecule has 0 aromatic heterocycles. The SMILES string of the molecule is COc1ccc(C[C@]23CCC(=O)N2CCc2cc(OC)c(OCc4ccccc4)cc23)cc1OCc1ccccc1. The maximum Gasteiger partial charge on any atom is 0.223 e. The van der Waals surface area contributed by atoms with Crippen molar-refractivity contribution in [3.8, 4) is 23.0 Å². The Hall–Kier alpha value is -4.45. The minimum atomic E-state index is -0.465. The topological polar surface area (TPSA) is 57.2 Å². The van der Waals surface area contributed by atoms with Gasteiger partial charge in [-0.1, -0.05) is 66.7 Å². The van der Waals surface area contributed by atoms with Gasteiger partial charge >= 0.3 is 0 Å². The zero-order chi connectivity index (χ0) is 28.2. The number of rotatable bonds is 10. The summed E-state index contributed by atoms with van der Waals surface area (Å²) in [5, 5.41) is 0. The summed E-state index contributed by atoms with van der Waals surface area (Å²) in [7, 11) is 3.33. The molecule has 41 heavy (non-hydrogen) atoms. The summed E-state index contributed by atoms with van der Waals surface area (Å²) in [6, 6.07) is 30.5. The molecule has 0 N–H and O–H groups in total. The van der Waals surface area contributed by atoms with Gasteiger partial charge in [-0.05, 0) is 64.9 Å². The smallest absolute Gasteiger partial charge is 0.223 e. The third-order valence-electron chi connectivity index (χ3n) is 8.26. The first-order valence-corrected chi connectivity index (χ1v) is 14.1. The number of amides is 1. The Balaban J connectivity index is 1.34. The molecule has 0 radical (unpaired) electrons. The second-order valence-corrected chi connectivity index (χ2v) is 10.7. The predicted octanol–water partition coefficient (Wildman–Crippen LogP) is 6.48. The molecule has 1 fully saturated rings. The van der Waals surface area contributed by atoms with Crippen LogP contribution in [0.4, 0.5) is 0 Å². The highest BCUT2D eigenvalue weighted by molar-refractivity contribution is 5.81. The number of methoxy groups -OCH3 is 2. The van der Waals surface area contributed by atoms with Crippen LogP contribution >= 0.6 is 0 Å². The van der Waals surface area contributed by atoms with E-state index in [0.29, 0.717) is 55.6 Å². The van der Waals surface area contributed by atoms with Gasteiger partial charge < -0.3 is 23.8 Å². The van der Waals surface area contributed by atoms with Gasteiger partial charge in [-0.25, -0.2) is 0 Å². The van der Waals surface area contributed by atoms with Crippen LogP contribution < -0.4 is 18.9 Å². The van der Waals surface area contributed by atoms with Gasteiger partial charge in [-0.3, -0.25) is 4.79 Å². The first kappa shape index (κ1) is 26.8. The molecule has 0 bridgehead atoms. The van der Waals surface area contributed by atoms with Gasteiger partial charge in [0.15, 0.2) is 23.0 Å². The lowest BCUT2D eigenvalue weighted by Gasteiger charge is -2.44. The molecular weight excluding hydrogens is 514 g/mol. The highest BCUT2D eigenvalue weighted by Gasteiger charge is 2.50. The molecule has 6 nitrogen and oxygen atoms in total. The van der Waals surface area contributed by atoms with Crippen molar-refractivity contribution in [3.63, 3.8) is 0 Å². The standard InChI is InChI=1S/C35H35NO5/c1-38-30-14-13-27(19-32(30)40-23-25-9-5-3-6-10-25)22-35-17-15-34(37)36(35)18-16-28-20-31(39-2)33(21-29(28)35)41-24-26-11-7-4-8-12-26/h3-14,19-21H,15-18,22-24H2,1-2H3/t35-/m0/s1. The van der Waals surface area contributed by atoms with Crippen LogP contribution in [0.1, 0.15) is 40.7 Å². The van der Waals surface area contributed by atoms with Crippen molar-refractivity contribution in [2.75, 3.05) is 20.8 Å². The molecule has 2 heterocycles. The fraction of sp³-hybridized carbons (Fsp3) is 0.286. The number of hydrogen-bond acceptors (Lipinski definition) is 5. The highest BCUT2D eigenvalue weighted by Crippen LogP contribution is 2.49. The lowest BCUT2D eigenvalue weighted by molar-refractivity contribution is -0.132. The molecule has 4 aromatic carbocycles. The van der Waals surface area contributed by atoms with Crippen molar-refractivity contribution in [3.05, 3.63) is 119 Å². The van der Waals surface area contributed by atoms with Crippen LogP contribution in [0.25, 0.3) is 0 Å². The van der Waals surface area contributed by atoms with Gasteiger partial charge in [-0.2, -0.15) is 0 Å². The molecule has 0 unspecified atom stereocenters. The van der Waals surface area contributed by atoms with Crippen molar-refractivity contribution in [2.24, 2.45) is 0 Å². The van der Waals surface area contributed by atoms with Crippen LogP contribution in [0.5, 0.6) is 23.0 Å². The first-order valence-electron chi connectivity index (χ1n) is 14.1. The Labute approximate surface area is 241 Å². The molecule has 210 valence electrons. The fourth-order valence-electron chi connectivity index (χ4n) is 6.22. The van der Waals surface area contributed by atoms with Crippen LogP contribution in [0.3, 0.4) is 0 Å². The zero-order valence-electron chi connectivity index (χ0n) is 23.6. The third kappa shape index (κ3) is 5.34. The summed E-state index contributed by atoms with van der Waals surface area (Å²) in [4.78, 5) is 15.3. The Morgan fingerprint density at radius 1 is 0.683 bits per heavy atom. The fourth-order valence-corrected chi connectivity index (χ4v) is 6.22. The second-order valence-electron chi connectivity index (χ2n) is 10.7. The molecule has 2 aliphatic heterocycles. The summed E-state index contributed by atoms with van der Waals surface area (Å²) >= 11 is 0. The monoisotopic (exact) mass is 549 g/mol. The van der Waals surface area contributed by atoms with Gasteiger partial charge in [0, 0.05) is 19.4 Å². The minimum absolute atomic E-state index is 0.201. The molecule has 1 amide bonds. The average Bonchev–Trinajstić information content (AvgIpc) is 3.35. The number of nitrogens with zero attached hydrogens (tertiary/aromatic N) is 1. The van der Waals surface area contributed by atoms with E-state index in [-0.39, 0.29) is 5.91 Å². The van der Waals surface area contributed by atoms with Crippen molar-refractivity contribution < 1.29 is 23.7 Å². The van der Waals surface area contributed by atoms with E-state index in [1.807, 2.05) is 66.7 Å². The predicted molar refractivity (Wildman–Crippen MR) is 158 cm³/mol. The van der Waals surface area contributed by atoms with Gasteiger partial charge in [0.25, 0.3) is 0 Å². The Morgan fingerprint density at radius 3 is 1.95 bits per heavy atom. The van der Waals surface area contributed by atoms with E-state index in [1.165, 1.54) is 5.56 Å². The van der Waals surface area contributed by atoms with Crippen LogP contribution in [0.2, 0.25) is 0 Å². The molecule has 2 aliphatic rings. The Kier molecular flexibility index (Phi) is 7.55. The maximum absolute atomic E-state index is 13.2. The van der Waals surface area contributed by atoms with Crippen molar-refractivity contribution in [2.45, 2.75) is 44.4 Å². The van der Waals surface area contributed by atoms with E-state index in [1.54, 1.807) is 14.2 Å². The van der Waals surface area contributed by atoms with Gasteiger partial charge in [-0.15, -0.1) is 0 Å². The van der Waals surface area contributed by atoms with E-state index in [2.05, 4.69) is 29.2 Å². The molecular formula is C35H35NO5. The highest BCUT2D eigenvalue weighted by atomic mass is 16.5. The summed E-state index contributed by atoms with van der Waals surface area (Å²) in [5.74, 6) is 2.99. The van der Waals surface area contributed by atoms with Crippen LogP contribution in [-0.4, -0.2) is 31.6 Å². The summed E-state index contributed by atoms with van der Waals surface area (Å²) in [6.07, 6.45) is 2.72. The molecule has 0 saturated carbocycles. The number of benzene rings is 4.